The lowest BCUT2D eigenvalue weighted by molar-refractivity contribution is 0.0954. The Labute approximate surface area is 167 Å². The molecule has 25 heavy (non-hydrogen) atoms. The summed E-state index contributed by atoms with van der Waals surface area (Å²) in [5.74, 6) is 2.33. The van der Waals surface area contributed by atoms with Gasteiger partial charge in [-0.05, 0) is 36.8 Å². The standard InChI is InChI=1S/C18H29N5O.HI/c1-14(2)11-15-6-10-23(13-15)18(19-3)22-9-8-21-17(24)16-5-4-7-20-12-16;/h4-5,7,12,14-15H,6,8-11,13H2,1-3H3,(H,19,22)(H,21,24);1H. The molecule has 2 rings (SSSR count). The van der Waals surface area contributed by atoms with Gasteiger partial charge in [0.15, 0.2) is 5.96 Å². The number of nitrogens with one attached hydrogen (secondary N) is 2. The van der Waals surface area contributed by atoms with Crippen LogP contribution in [0.25, 0.3) is 0 Å². The first-order chi connectivity index (χ1) is 11.6. The quantitative estimate of drug-likeness (QED) is 0.297. The highest BCUT2D eigenvalue weighted by Crippen LogP contribution is 2.23. The van der Waals surface area contributed by atoms with Crippen LogP contribution in [0, 0.1) is 11.8 Å². The number of aliphatic imine (C=N–C) groups is 1. The number of halogens is 1. The molecule has 2 N–H and O–H groups in total. The molecule has 2 heterocycles. The topological polar surface area (TPSA) is 69.6 Å². The van der Waals surface area contributed by atoms with Gasteiger partial charge in [0, 0.05) is 45.6 Å². The molecule has 0 saturated carbocycles. The van der Waals surface area contributed by atoms with Gasteiger partial charge in [0.2, 0.25) is 0 Å². The third-order valence-electron chi connectivity index (χ3n) is 4.22. The Morgan fingerprint density at radius 2 is 2.16 bits per heavy atom. The van der Waals surface area contributed by atoms with E-state index in [4.69, 9.17) is 0 Å². The molecule has 140 valence electrons. The van der Waals surface area contributed by atoms with Crippen LogP contribution in [0.15, 0.2) is 29.5 Å². The summed E-state index contributed by atoms with van der Waals surface area (Å²) in [6.07, 6.45) is 5.73. The zero-order chi connectivity index (χ0) is 17.4. The Hall–Kier alpha value is -1.38. The fraction of sp³-hybridized carbons (Fsp3) is 0.611. The van der Waals surface area contributed by atoms with Gasteiger partial charge in [0.05, 0.1) is 5.56 Å². The molecule has 0 radical (unpaired) electrons. The zero-order valence-electron chi connectivity index (χ0n) is 15.4. The molecule has 1 aliphatic rings. The first kappa shape index (κ1) is 21.7. The lowest BCUT2D eigenvalue weighted by Crippen LogP contribution is -2.43. The maximum absolute atomic E-state index is 11.9. The van der Waals surface area contributed by atoms with Crippen LogP contribution in [-0.2, 0) is 0 Å². The van der Waals surface area contributed by atoms with E-state index >= 15 is 0 Å². The number of hydrogen-bond donors (Lipinski definition) is 2. The fourth-order valence-electron chi connectivity index (χ4n) is 3.17. The molecule has 1 amide bonds. The van der Waals surface area contributed by atoms with Crippen LogP contribution in [0.5, 0.6) is 0 Å². The van der Waals surface area contributed by atoms with E-state index in [0.29, 0.717) is 18.7 Å². The van der Waals surface area contributed by atoms with Crippen LogP contribution in [0.1, 0.15) is 37.0 Å². The molecule has 1 aliphatic heterocycles. The average Bonchev–Trinajstić information content (AvgIpc) is 3.03. The maximum atomic E-state index is 11.9. The van der Waals surface area contributed by atoms with Crippen LogP contribution >= 0.6 is 24.0 Å². The molecule has 1 unspecified atom stereocenters. The van der Waals surface area contributed by atoms with Gasteiger partial charge >= 0.3 is 0 Å². The molecule has 1 aromatic rings. The van der Waals surface area contributed by atoms with Crippen LogP contribution in [-0.4, -0.2) is 55.0 Å². The van der Waals surface area contributed by atoms with Gasteiger partial charge in [0.25, 0.3) is 5.91 Å². The minimum Gasteiger partial charge on any atom is -0.354 e. The highest BCUT2D eigenvalue weighted by Gasteiger charge is 2.25. The number of rotatable bonds is 6. The second-order valence-electron chi connectivity index (χ2n) is 6.70. The summed E-state index contributed by atoms with van der Waals surface area (Å²) in [5.41, 5.74) is 0.581. The Kier molecular flexibility index (Phi) is 9.77. The Balaban J connectivity index is 0.00000312. The molecular weight excluding hydrogens is 429 g/mol. The van der Waals surface area contributed by atoms with Crippen molar-refractivity contribution >= 4 is 35.8 Å². The van der Waals surface area contributed by atoms with Crippen molar-refractivity contribution in [3.63, 3.8) is 0 Å². The molecule has 0 spiro atoms. The van der Waals surface area contributed by atoms with Crippen LogP contribution in [0.4, 0.5) is 0 Å². The summed E-state index contributed by atoms with van der Waals surface area (Å²) >= 11 is 0. The molecule has 1 saturated heterocycles. The molecule has 7 heteroatoms. The summed E-state index contributed by atoms with van der Waals surface area (Å²) in [4.78, 5) is 22.6. The number of carbonyl (C=O) groups is 1. The average molecular weight is 459 g/mol. The van der Waals surface area contributed by atoms with Crippen molar-refractivity contribution in [2.24, 2.45) is 16.8 Å². The van der Waals surface area contributed by atoms with E-state index in [-0.39, 0.29) is 29.9 Å². The van der Waals surface area contributed by atoms with Crippen molar-refractivity contribution in [3.8, 4) is 0 Å². The van der Waals surface area contributed by atoms with Crippen molar-refractivity contribution < 1.29 is 4.79 Å². The molecular formula is C18H30IN5O. The maximum Gasteiger partial charge on any atom is 0.252 e. The third kappa shape index (κ3) is 7.17. The molecule has 0 aromatic carbocycles. The first-order valence-corrected chi connectivity index (χ1v) is 8.74. The van der Waals surface area contributed by atoms with E-state index in [2.05, 4.69) is 39.4 Å². The van der Waals surface area contributed by atoms with Crippen LogP contribution < -0.4 is 10.6 Å². The third-order valence-corrected chi connectivity index (χ3v) is 4.22. The molecule has 0 aliphatic carbocycles. The van der Waals surface area contributed by atoms with Gasteiger partial charge in [-0.15, -0.1) is 24.0 Å². The number of carbonyl (C=O) groups excluding carboxylic acids is 1. The first-order valence-electron chi connectivity index (χ1n) is 8.74. The molecule has 1 fully saturated rings. The van der Waals surface area contributed by atoms with Crippen LogP contribution in [0.3, 0.4) is 0 Å². The number of likely N-dealkylation sites (tertiary alicyclic amines) is 1. The fourth-order valence-corrected chi connectivity index (χ4v) is 3.17. The summed E-state index contributed by atoms with van der Waals surface area (Å²) in [6.45, 7) is 7.89. The molecule has 1 atom stereocenters. The summed E-state index contributed by atoms with van der Waals surface area (Å²) in [6, 6.07) is 3.52. The minimum atomic E-state index is -0.0990. The number of nitrogens with zero attached hydrogens (tertiary/aromatic N) is 3. The highest BCUT2D eigenvalue weighted by atomic mass is 127. The number of pyridine rings is 1. The summed E-state index contributed by atoms with van der Waals surface area (Å²) in [7, 11) is 1.81. The van der Waals surface area contributed by atoms with Gasteiger partial charge in [-0.1, -0.05) is 13.8 Å². The number of hydrogen-bond acceptors (Lipinski definition) is 3. The van der Waals surface area contributed by atoms with E-state index in [1.54, 1.807) is 24.5 Å². The molecule has 6 nitrogen and oxygen atoms in total. The smallest absolute Gasteiger partial charge is 0.252 e. The SMILES string of the molecule is CN=C(NCCNC(=O)c1cccnc1)N1CCC(CC(C)C)C1.I. The minimum absolute atomic E-state index is 0. The number of guanidine groups is 1. The Bertz CT molecular complexity index is 550. The van der Waals surface area contributed by atoms with Gasteiger partial charge < -0.3 is 15.5 Å². The zero-order valence-corrected chi connectivity index (χ0v) is 17.7. The Morgan fingerprint density at radius 1 is 1.40 bits per heavy atom. The number of aromatic nitrogens is 1. The van der Waals surface area contributed by atoms with Crippen LogP contribution in [0.2, 0.25) is 0 Å². The highest BCUT2D eigenvalue weighted by molar-refractivity contribution is 14.0. The predicted molar refractivity (Wildman–Crippen MR) is 112 cm³/mol. The van der Waals surface area contributed by atoms with E-state index in [0.717, 1.165) is 30.9 Å². The monoisotopic (exact) mass is 459 g/mol. The van der Waals surface area contributed by atoms with Gasteiger partial charge in [-0.2, -0.15) is 0 Å². The normalized spacial score (nSPS) is 17.4. The predicted octanol–water partition coefficient (Wildman–Crippen LogP) is 2.37. The second kappa shape index (κ2) is 11.3. The van der Waals surface area contributed by atoms with Gasteiger partial charge in [0.1, 0.15) is 0 Å². The van der Waals surface area contributed by atoms with Gasteiger partial charge in [-0.25, -0.2) is 0 Å². The van der Waals surface area contributed by atoms with E-state index in [1.165, 1.54) is 12.8 Å². The van der Waals surface area contributed by atoms with Crippen molar-refractivity contribution in [1.29, 1.82) is 0 Å². The lowest BCUT2D eigenvalue weighted by atomic mass is 9.97. The van der Waals surface area contributed by atoms with E-state index < -0.39 is 0 Å². The van der Waals surface area contributed by atoms with Crippen molar-refractivity contribution in [2.75, 3.05) is 33.2 Å². The van der Waals surface area contributed by atoms with Gasteiger partial charge in [-0.3, -0.25) is 14.8 Å². The molecule has 0 bridgehead atoms. The molecule has 1 aromatic heterocycles. The summed E-state index contributed by atoms with van der Waals surface area (Å²) in [5, 5.41) is 6.23. The van der Waals surface area contributed by atoms with Crippen molar-refractivity contribution in [2.45, 2.75) is 26.7 Å². The Morgan fingerprint density at radius 3 is 2.80 bits per heavy atom. The lowest BCUT2D eigenvalue weighted by Gasteiger charge is -2.22. The van der Waals surface area contributed by atoms with Crippen molar-refractivity contribution in [1.82, 2.24) is 20.5 Å². The van der Waals surface area contributed by atoms with E-state index in [9.17, 15) is 4.79 Å². The summed E-state index contributed by atoms with van der Waals surface area (Å²) < 4.78 is 0. The number of amides is 1. The second-order valence-corrected chi connectivity index (χ2v) is 6.70. The van der Waals surface area contributed by atoms with Crippen molar-refractivity contribution in [3.05, 3.63) is 30.1 Å². The largest absolute Gasteiger partial charge is 0.354 e. The van der Waals surface area contributed by atoms with E-state index in [1.807, 2.05) is 7.05 Å².